The SMILES string of the molecule is Cc1nc2nccc(-c3cc4ccc(C(=O)NCCCOC(C)C)cc4[nH]3)c2[nH]1.O=C(O)C(F)(F)F. The molecule has 3 heterocycles. The number of aromatic nitrogens is 4. The van der Waals surface area contributed by atoms with Gasteiger partial charge in [0.25, 0.3) is 5.91 Å². The van der Waals surface area contributed by atoms with Crippen molar-refractivity contribution in [3.05, 3.63) is 47.9 Å². The molecule has 0 saturated carbocycles. The molecule has 3 aromatic heterocycles. The van der Waals surface area contributed by atoms with Crippen molar-refractivity contribution in [2.24, 2.45) is 0 Å². The lowest BCUT2D eigenvalue weighted by atomic mass is 10.1. The van der Waals surface area contributed by atoms with E-state index in [2.05, 4.69) is 31.3 Å². The lowest BCUT2D eigenvalue weighted by Crippen LogP contribution is -2.25. The number of ether oxygens (including phenoxy) is 1. The zero-order valence-electron chi connectivity index (χ0n) is 19.9. The minimum absolute atomic E-state index is 0.0805. The fraction of sp³-hybridized carbons (Fsp3) is 0.333. The predicted octanol–water partition coefficient (Wildman–Crippen LogP) is 4.59. The third-order valence-electron chi connectivity index (χ3n) is 4.99. The molecule has 0 aliphatic carbocycles. The Morgan fingerprint density at radius 2 is 1.89 bits per heavy atom. The highest BCUT2D eigenvalue weighted by Gasteiger charge is 2.38. The maximum atomic E-state index is 12.5. The van der Waals surface area contributed by atoms with E-state index in [0.29, 0.717) is 24.4 Å². The van der Waals surface area contributed by atoms with Crippen LogP contribution in [0.1, 0.15) is 36.5 Å². The Hall–Kier alpha value is -3.93. The van der Waals surface area contributed by atoms with Gasteiger partial charge in [-0.05, 0) is 51.5 Å². The molecule has 4 N–H and O–H groups in total. The van der Waals surface area contributed by atoms with E-state index >= 15 is 0 Å². The summed E-state index contributed by atoms with van der Waals surface area (Å²) >= 11 is 0. The Morgan fingerprint density at radius 3 is 2.56 bits per heavy atom. The second-order valence-electron chi connectivity index (χ2n) is 8.20. The average molecular weight is 505 g/mol. The molecule has 0 fully saturated rings. The van der Waals surface area contributed by atoms with E-state index in [-0.39, 0.29) is 12.0 Å². The number of amides is 1. The smallest absolute Gasteiger partial charge is 0.475 e. The van der Waals surface area contributed by atoms with Crippen LogP contribution in [0.5, 0.6) is 0 Å². The number of H-pyrrole nitrogens is 2. The molecule has 0 atom stereocenters. The summed E-state index contributed by atoms with van der Waals surface area (Å²) < 4.78 is 37.2. The molecule has 4 aromatic rings. The van der Waals surface area contributed by atoms with Crippen LogP contribution >= 0.6 is 0 Å². The van der Waals surface area contributed by atoms with Crippen LogP contribution in [0.4, 0.5) is 13.2 Å². The highest BCUT2D eigenvalue weighted by molar-refractivity contribution is 6.00. The number of aryl methyl sites for hydroxylation is 1. The average Bonchev–Trinajstić information content (AvgIpc) is 3.39. The molecular weight excluding hydrogens is 479 g/mol. The maximum Gasteiger partial charge on any atom is 0.490 e. The number of pyridine rings is 1. The molecule has 192 valence electrons. The summed E-state index contributed by atoms with van der Waals surface area (Å²) in [6.45, 7) is 7.15. The number of aromatic amines is 2. The molecule has 36 heavy (non-hydrogen) atoms. The number of hydrogen-bond donors (Lipinski definition) is 4. The van der Waals surface area contributed by atoms with E-state index in [4.69, 9.17) is 14.6 Å². The van der Waals surface area contributed by atoms with Crippen molar-refractivity contribution < 1.29 is 32.6 Å². The van der Waals surface area contributed by atoms with E-state index in [9.17, 15) is 18.0 Å². The van der Waals surface area contributed by atoms with Crippen LogP contribution in [-0.2, 0) is 9.53 Å². The third kappa shape index (κ3) is 6.81. The van der Waals surface area contributed by atoms with Crippen LogP contribution in [0.25, 0.3) is 33.3 Å². The van der Waals surface area contributed by atoms with Crippen LogP contribution in [0.2, 0.25) is 0 Å². The standard InChI is InChI=1S/C22H25N5O2.C2HF3O2/c1-13(2)29-10-4-8-24-22(28)16-6-5-15-11-19(27-18(15)12-16)17-7-9-23-21-20(17)25-14(3)26-21;3-2(4,5)1(6)7/h5-7,9,11-13,27H,4,8,10H2,1-3H3,(H,24,28)(H,23,25,26);(H,6,7). The molecule has 4 rings (SSSR count). The van der Waals surface area contributed by atoms with Crippen molar-refractivity contribution in [3.63, 3.8) is 0 Å². The number of carbonyl (C=O) groups excluding carboxylic acids is 1. The number of nitrogens with one attached hydrogen (secondary N) is 3. The van der Waals surface area contributed by atoms with Gasteiger partial charge in [-0.3, -0.25) is 4.79 Å². The van der Waals surface area contributed by atoms with Gasteiger partial charge in [0.1, 0.15) is 5.82 Å². The zero-order valence-corrected chi connectivity index (χ0v) is 19.9. The minimum Gasteiger partial charge on any atom is -0.475 e. The number of aliphatic carboxylic acids is 1. The molecule has 0 spiro atoms. The van der Waals surface area contributed by atoms with Crippen molar-refractivity contribution in [3.8, 4) is 11.3 Å². The Kier molecular flexibility index (Phi) is 8.30. The minimum atomic E-state index is -5.08. The second kappa shape index (κ2) is 11.2. The van der Waals surface area contributed by atoms with Gasteiger partial charge in [-0.2, -0.15) is 13.2 Å². The van der Waals surface area contributed by atoms with Crippen molar-refractivity contribution in [2.75, 3.05) is 13.2 Å². The number of rotatable bonds is 7. The van der Waals surface area contributed by atoms with Gasteiger partial charge in [0.15, 0.2) is 5.65 Å². The number of imidazole rings is 1. The Labute approximate surface area is 204 Å². The van der Waals surface area contributed by atoms with Crippen LogP contribution in [0, 0.1) is 6.92 Å². The van der Waals surface area contributed by atoms with Crippen molar-refractivity contribution in [2.45, 2.75) is 39.5 Å². The lowest BCUT2D eigenvalue weighted by Gasteiger charge is -2.08. The summed E-state index contributed by atoms with van der Waals surface area (Å²) in [6, 6.07) is 9.73. The first-order valence-electron chi connectivity index (χ1n) is 11.1. The third-order valence-corrected chi connectivity index (χ3v) is 4.99. The Morgan fingerprint density at radius 1 is 1.17 bits per heavy atom. The van der Waals surface area contributed by atoms with Gasteiger partial charge in [0.2, 0.25) is 0 Å². The molecule has 0 unspecified atom stereocenters. The van der Waals surface area contributed by atoms with Gasteiger partial charge >= 0.3 is 12.1 Å². The number of nitrogens with zero attached hydrogens (tertiary/aromatic N) is 2. The number of halogens is 3. The number of hydrogen-bond acceptors (Lipinski definition) is 5. The van der Waals surface area contributed by atoms with Gasteiger partial charge < -0.3 is 25.1 Å². The summed E-state index contributed by atoms with van der Waals surface area (Å²) in [4.78, 5) is 36.8. The number of carboxylic acid groups (broad SMARTS) is 1. The van der Waals surface area contributed by atoms with Crippen molar-refractivity contribution in [1.82, 2.24) is 25.3 Å². The molecule has 0 aliphatic rings. The summed E-state index contributed by atoms with van der Waals surface area (Å²) in [7, 11) is 0. The second-order valence-corrected chi connectivity index (χ2v) is 8.20. The largest absolute Gasteiger partial charge is 0.490 e. The monoisotopic (exact) mass is 505 g/mol. The van der Waals surface area contributed by atoms with Crippen molar-refractivity contribution in [1.29, 1.82) is 0 Å². The maximum absolute atomic E-state index is 12.5. The molecule has 0 saturated heterocycles. The van der Waals surface area contributed by atoms with Crippen molar-refractivity contribution >= 4 is 33.9 Å². The van der Waals surface area contributed by atoms with E-state index in [1.54, 1.807) is 6.20 Å². The predicted molar refractivity (Wildman–Crippen MR) is 128 cm³/mol. The number of fused-ring (bicyclic) bond motifs is 2. The first kappa shape index (κ1) is 26.7. The highest BCUT2D eigenvalue weighted by atomic mass is 19.4. The first-order chi connectivity index (χ1) is 17.0. The molecule has 0 aliphatic heterocycles. The topological polar surface area (TPSA) is 133 Å². The number of carboxylic acids is 1. The van der Waals surface area contributed by atoms with E-state index in [1.807, 2.05) is 45.0 Å². The van der Waals surface area contributed by atoms with E-state index in [0.717, 1.165) is 39.9 Å². The Balaban J connectivity index is 0.000000454. The number of alkyl halides is 3. The van der Waals surface area contributed by atoms with Crippen LogP contribution in [-0.4, -0.2) is 62.4 Å². The molecule has 0 radical (unpaired) electrons. The fourth-order valence-corrected chi connectivity index (χ4v) is 3.36. The summed E-state index contributed by atoms with van der Waals surface area (Å²) in [5.74, 6) is -2.01. The molecule has 9 nitrogen and oxygen atoms in total. The van der Waals surface area contributed by atoms with Crippen LogP contribution in [0.15, 0.2) is 36.5 Å². The molecule has 1 aromatic carbocycles. The normalized spacial score (nSPS) is 11.5. The quantitative estimate of drug-likeness (QED) is 0.272. The highest BCUT2D eigenvalue weighted by Crippen LogP contribution is 2.29. The van der Waals surface area contributed by atoms with Gasteiger partial charge in [0, 0.05) is 47.1 Å². The zero-order chi connectivity index (χ0) is 26.5. The van der Waals surface area contributed by atoms with Crippen LogP contribution in [0.3, 0.4) is 0 Å². The summed E-state index contributed by atoms with van der Waals surface area (Å²) in [6.07, 6.45) is -2.33. The Bertz CT molecular complexity index is 1360. The van der Waals surface area contributed by atoms with Gasteiger partial charge in [0.05, 0.1) is 11.6 Å². The molecule has 0 bridgehead atoms. The number of carbonyl (C=O) groups is 2. The summed E-state index contributed by atoms with van der Waals surface area (Å²) in [5.41, 5.74) is 5.10. The van der Waals surface area contributed by atoms with Crippen LogP contribution < -0.4 is 5.32 Å². The van der Waals surface area contributed by atoms with Gasteiger partial charge in [-0.1, -0.05) is 6.07 Å². The fourth-order valence-electron chi connectivity index (χ4n) is 3.36. The van der Waals surface area contributed by atoms with E-state index in [1.165, 1.54) is 0 Å². The van der Waals surface area contributed by atoms with E-state index < -0.39 is 12.1 Å². The lowest BCUT2D eigenvalue weighted by molar-refractivity contribution is -0.192. The number of benzene rings is 1. The van der Waals surface area contributed by atoms with Gasteiger partial charge in [-0.25, -0.2) is 14.8 Å². The molecule has 12 heteroatoms. The molecular formula is C24H26F3N5O4. The van der Waals surface area contributed by atoms with Gasteiger partial charge in [-0.15, -0.1) is 0 Å². The molecule has 1 amide bonds. The summed E-state index contributed by atoms with van der Waals surface area (Å²) in [5, 5.41) is 11.1. The first-order valence-corrected chi connectivity index (χ1v) is 11.1.